The Morgan fingerprint density at radius 3 is 2.58 bits per heavy atom. The van der Waals surface area contributed by atoms with Crippen LogP contribution >= 0.6 is 0 Å². The SMILES string of the molecule is Cc1ccc(-c2noc(C3CCN(C(=O)c4cc5ccccc5oc4=O)CC3)n2)cc1. The number of aryl methyl sites for hydroxylation is 1. The van der Waals surface area contributed by atoms with Crippen LogP contribution in [0.4, 0.5) is 0 Å². The van der Waals surface area contributed by atoms with Crippen LogP contribution < -0.4 is 5.63 Å². The maximum Gasteiger partial charge on any atom is 0.349 e. The van der Waals surface area contributed by atoms with E-state index in [-0.39, 0.29) is 17.4 Å². The van der Waals surface area contributed by atoms with Crippen molar-refractivity contribution in [2.45, 2.75) is 25.7 Å². The van der Waals surface area contributed by atoms with Crippen LogP contribution in [0.15, 0.2) is 68.3 Å². The van der Waals surface area contributed by atoms with Crippen LogP contribution in [0.25, 0.3) is 22.4 Å². The van der Waals surface area contributed by atoms with Gasteiger partial charge in [-0.05, 0) is 31.9 Å². The molecule has 2 aromatic carbocycles. The zero-order valence-corrected chi connectivity index (χ0v) is 17.1. The van der Waals surface area contributed by atoms with E-state index in [9.17, 15) is 9.59 Å². The van der Waals surface area contributed by atoms with Gasteiger partial charge >= 0.3 is 5.63 Å². The molecule has 7 nitrogen and oxygen atoms in total. The Balaban J connectivity index is 1.28. The predicted molar refractivity (Wildman–Crippen MR) is 115 cm³/mol. The standard InChI is InChI=1S/C24H21N3O4/c1-15-6-8-16(9-7-15)21-25-22(31-26-21)17-10-12-27(13-11-17)23(28)19-14-18-4-2-3-5-20(18)30-24(19)29/h2-9,14,17H,10-13H2,1H3. The first-order valence-corrected chi connectivity index (χ1v) is 10.3. The summed E-state index contributed by atoms with van der Waals surface area (Å²) in [6.45, 7) is 3.05. The molecule has 1 fully saturated rings. The second kappa shape index (κ2) is 7.83. The number of para-hydroxylation sites is 1. The summed E-state index contributed by atoms with van der Waals surface area (Å²) in [6, 6.07) is 16.8. The molecule has 156 valence electrons. The number of fused-ring (bicyclic) bond motifs is 1. The van der Waals surface area contributed by atoms with Crippen molar-refractivity contribution in [1.82, 2.24) is 15.0 Å². The van der Waals surface area contributed by atoms with E-state index < -0.39 is 5.63 Å². The lowest BCUT2D eigenvalue weighted by Gasteiger charge is -2.30. The number of likely N-dealkylation sites (tertiary alicyclic amines) is 1. The van der Waals surface area contributed by atoms with Crippen molar-refractivity contribution in [1.29, 1.82) is 0 Å². The quantitative estimate of drug-likeness (QED) is 0.467. The van der Waals surface area contributed by atoms with E-state index in [1.807, 2.05) is 43.3 Å². The number of rotatable bonds is 3. The summed E-state index contributed by atoms with van der Waals surface area (Å²) in [6.07, 6.45) is 1.39. The Bertz CT molecular complexity index is 1300. The number of aromatic nitrogens is 2. The molecule has 7 heteroatoms. The molecule has 5 rings (SSSR count). The molecular weight excluding hydrogens is 394 g/mol. The Kier molecular flexibility index (Phi) is 4.86. The van der Waals surface area contributed by atoms with Crippen LogP contribution in [0, 0.1) is 6.92 Å². The molecule has 0 saturated carbocycles. The number of hydrogen-bond acceptors (Lipinski definition) is 6. The van der Waals surface area contributed by atoms with Crippen molar-refractivity contribution in [2.75, 3.05) is 13.1 Å². The van der Waals surface area contributed by atoms with Gasteiger partial charge in [0.05, 0.1) is 0 Å². The normalized spacial score (nSPS) is 14.8. The van der Waals surface area contributed by atoms with Gasteiger partial charge in [-0.2, -0.15) is 4.98 Å². The van der Waals surface area contributed by atoms with Gasteiger partial charge in [0.1, 0.15) is 11.1 Å². The number of amides is 1. The van der Waals surface area contributed by atoms with Crippen LogP contribution in [0.1, 0.15) is 40.6 Å². The van der Waals surface area contributed by atoms with E-state index in [0.29, 0.717) is 43.2 Å². The molecule has 31 heavy (non-hydrogen) atoms. The van der Waals surface area contributed by atoms with Gasteiger partial charge in [0.15, 0.2) is 0 Å². The number of carbonyl (C=O) groups excluding carboxylic acids is 1. The third-order valence-corrected chi connectivity index (χ3v) is 5.75. The summed E-state index contributed by atoms with van der Waals surface area (Å²) < 4.78 is 10.8. The summed E-state index contributed by atoms with van der Waals surface area (Å²) in [5, 5.41) is 4.84. The van der Waals surface area contributed by atoms with Crippen LogP contribution in [0.3, 0.4) is 0 Å². The first kappa shape index (κ1) is 19.2. The Hall–Kier alpha value is -3.74. The average molecular weight is 415 g/mol. The molecule has 0 spiro atoms. The number of nitrogens with zero attached hydrogens (tertiary/aromatic N) is 3. The highest BCUT2D eigenvalue weighted by atomic mass is 16.5. The van der Waals surface area contributed by atoms with Crippen molar-refractivity contribution in [3.63, 3.8) is 0 Å². The molecule has 0 aliphatic carbocycles. The Labute approximate surface area is 178 Å². The number of hydrogen-bond donors (Lipinski definition) is 0. The highest BCUT2D eigenvalue weighted by Crippen LogP contribution is 2.29. The van der Waals surface area contributed by atoms with E-state index >= 15 is 0 Å². The minimum Gasteiger partial charge on any atom is -0.422 e. The van der Waals surface area contributed by atoms with Gasteiger partial charge in [-0.15, -0.1) is 0 Å². The fourth-order valence-electron chi connectivity index (χ4n) is 3.93. The molecular formula is C24H21N3O4. The molecule has 1 amide bonds. The monoisotopic (exact) mass is 415 g/mol. The molecule has 2 aromatic heterocycles. The molecule has 1 aliphatic heterocycles. The maximum absolute atomic E-state index is 12.9. The third-order valence-electron chi connectivity index (χ3n) is 5.75. The first-order valence-electron chi connectivity index (χ1n) is 10.3. The molecule has 3 heterocycles. The lowest BCUT2D eigenvalue weighted by atomic mass is 9.96. The van der Waals surface area contributed by atoms with Crippen molar-refractivity contribution >= 4 is 16.9 Å². The van der Waals surface area contributed by atoms with Crippen molar-refractivity contribution in [2.24, 2.45) is 0 Å². The fourth-order valence-corrected chi connectivity index (χ4v) is 3.93. The van der Waals surface area contributed by atoms with Crippen LogP contribution in [0.2, 0.25) is 0 Å². The van der Waals surface area contributed by atoms with Crippen LogP contribution in [-0.2, 0) is 0 Å². The van der Waals surface area contributed by atoms with Gasteiger partial charge in [-0.3, -0.25) is 4.79 Å². The van der Waals surface area contributed by atoms with Gasteiger partial charge in [0.2, 0.25) is 11.7 Å². The van der Waals surface area contributed by atoms with Crippen LogP contribution in [0.5, 0.6) is 0 Å². The molecule has 0 N–H and O–H groups in total. The second-order valence-electron chi connectivity index (χ2n) is 7.87. The van der Waals surface area contributed by atoms with Crippen molar-refractivity contribution in [3.8, 4) is 11.4 Å². The molecule has 0 unspecified atom stereocenters. The molecule has 1 aliphatic rings. The van der Waals surface area contributed by atoms with Crippen molar-refractivity contribution in [3.05, 3.63) is 82.0 Å². The van der Waals surface area contributed by atoms with E-state index in [0.717, 1.165) is 10.9 Å². The molecule has 4 aromatic rings. The predicted octanol–water partition coefficient (Wildman–Crippen LogP) is 4.17. The fraction of sp³-hybridized carbons (Fsp3) is 0.250. The molecule has 0 bridgehead atoms. The summed E-state index contributed by atoms with van der Waals surface area (Å²) in [5.74, 6) is 0.947. The smallest absolute Gasteiger partial charge is 0.349 e. The van der Waals surface area contributed by atoms with Gasteiger partial charge in [0.25, 0.3) is 5.91 Å². The van der Waals surface area contributed by atoms with E-state index in [4.69, 9.17) is 8.94 Å². The zero-order valence-electron chi connectivity index (χ0n) is 17.1. The lowest BCUT2D eigenvalue weighted by molar-refractivity contribution is 0.0700. The lowest BCUT2D eigenvalue weighted by Crippen LogP contribution is -2.39. The number of piperidine rings is 1. The summed E-state index contributed by atoms with van der Waals surface area (Å²) in [4.78, 5) is 31.5. The Morgan fingerprint density at radius 1 is 1.06 bits per heavy atom. The van der Waals surface area contributed by atoms with E-state index in [1.54, 1.807) is 23.1 Å². The second-order valence-corrected chi connectivity index (χ2v) is 7.87. The Morgan fingerprint density at radius 2 is 1.81 bits per heavy atom. The van der Waals surface area contributed by atoms with Gasteiger partial charge < -0.3 is 13.8 Å². The average Bonchev–Trinajstić information content (AvgIpc) is 3.29. The number of benzene rings is 2. The van der Waals surface area contributed by atoms with Crippen LogP contribution in [-0.4, -0.2) is 34.0 Å². The maximum atomic E-state index is 12.9. The first-order chi connectivity index (χ1) is 15.1. The highest BCUT2D eigenvalue weighted by molar-refractivity contribution is 5.96. The summed E-state index contributed by atoms with van der Waals surface area (Å²) >= 11 is 0. The summed E-state index contributed by atoms with van der Waals surface area (Å²) in [5.41, 5.74) is 2.02. The largest absolute Gasteiger partial charge is 0.422 e. The summed E-state index contributed by atoms with van der Waals surface area (Å²) in [7, 11) is 0. The number of carbonyl (C=O) groups is 1. The zero-order chi connectivity index (χ0) is 21.4. The van der Waals surface area contributed by atoms with Gasteiger partial charge in [0, 0.05) is 30.0 Å². The highest BCUT2D eigenvalue weighted by Gasteiger charge is 2.29. The minimum absolute atomic E-state index is 0.0663. The minimum atomic E-state index is -0.606. The van der Waals surface area contributed by atoms with E-state index in [1.165, 1.54) is 5.56 Å². The van der Waals surface area contributed by atoms with Crippen molar-refractivity contribution < 1.29 is 13.7 Å². The van der Waals surface area contributed by atoms with E-state index in [2.05, 4.69) is 10.1 Å². The molecule has 0 radical (unpaired) electrons. The van der Waals surface area contributed by atoms with Gasteiger partial charge in [-0.25, -0.2) is 4.79 Å². The third kappa shape index (κ3) is 3.74. The van der Waals surface area contributed by atoms with Gasteiger partial charge in [-0.1, -0.05) is 53.2 Å². The molecule has 1 saturated heterocycles. The molecule has 0 atom stereocenters. The topological polar surface area (TPSA) is 89.4 Å².